The molecule has 0 unspecified atom stereocenters. The minimum atomic E-state index is -0.0134. The highest BCUT2D eigenvalue weighted by atomic mass is 16.2. The van der Waals surface area contributed by atoms with Gasteiger partial charge in [-0.3, -0.25) is 4.79 Å². The Kier molecular flexibility index (Phi) is 4.18. The van der Waals surface area contributed by atoms with Crippen LogP contribution in [0.1, 0.15) is 60.7 Å². The van der Waals surface area contributed by atoms with Crippen molar-refractivity contribution in [3.63, 3.8) is 0 Å². The smallest absolute Gasteiger partial charge is 0.272 e. The average molecular weight is 299 g/mol. The molecular weight excluding hydrogens is 278 g/mol. The summed E-state index contributed by atoms with van der Waals surface area (Å²) in [5.41, 5.74) is 0.485. The predicted molar refractivity (Wildman–Crippen MR) is 82.6 cm³/mol. The van der Waals surface area contributed by atoms with Crippen molar-refractivity contribution < 1.29 is 4.79 Å². The van der Waals surface area contributed by atoms with Gasteiger partial charge in [0.2, 0.25) is 0 Å². The molecule has 1 aliphatic heterocycles. The third-order valence-electron chi connectivity index (χ3n) is 4.02. The first kappa shape index (κ1) is 14.7. The van der Waals surface area contributed by atoms with Crippen molar-refractivity contribution in [2.75, 3.05) is 13.1 Å². The Morgan fingerprint density at radius 1 is 1.36 bits per heavy atom. The number of H-pyrrole nitrogens is 1. The number of carbonyl (C=O) groups excluding carboxylic acids is 1. The number of aromatic nitrogens is 4. The average Bonchev–Trinajstić information content (AvgIpc) is 3.09. The van der Waals surface area contributed by atoms with E-state index < -0.39 is 0 Å². The largest absolute Gasteiger partial charge is 0.348 e. The lowest BCUT2D eigenvalue weighted by Gasteiger charge is -2.31. The fourth-order valence-corrected chi connectivity index (χ4v) is 2.82. The van der Waals surface area contributed by atoms with Gasteiger partial charge >= 0.3 is 0 Å². The Bertz CT molecular complexity index is 638. The number of carbonyl (C=O) groups is 1. The van der Waals surface area contributed by atoms with E-state index in [9.17, 15) is 4.79 Å². The molecule has 6 heteroatoms. The highest BCUT2D eigenvalue weighted by Crippen LogP contribution is 2.25. The molecule has 2 aromatic rings. The second kappa shape index (κ2) is 6.25. The van der Waals surface area contributed by atoms with Crippen LogP contribution >= 0.6 is 0 Å². The molecule has 0 saturated carbocycles. The molecule has 1 amide bonds. The number of rotatable bonds is 3. The molecule has 1 aliphatic rings. The van der Waals surface area contributed by atoms with Crippen LogP contribution in [0.15, 0.2) is 24.7 Å². The number of hydrogen-bond donors (Lipinski definition) is 1. The van der Waals surface area contributed by atoms with Gasteiger partial charge in [0, 0.05) is 43.5 Å². The maximum Gasteiger partial charge on any atom is 0.272 e. The van der Waals surface area contributed by atoms with Gasteiger partial charge in [-0.2, -0.15) is 0 Å². The first-order valence-corrected chi connectivity index (χ1v) is 7.76. The molecule has 0 spiro atoms. The molecule has 6 nitrogen and oxygen atoms in total. The summed E-state index contributed by atoms with van der Waals surface area (Å²) >= 11 is 0. The zero-order valence-electron chi connectivity index (χ0n) is 13.0. The Morgan fingerprint density at radius 2 is 2.23 bits per heavy atom. The Labute approximate surface area is 130 Å². The fraction of sp³-hybridized carbons (Fsp3) is 0.500. The van der Waals surface area contributed by atoms with E-state index in [-0.39, 0.29) is 17.7 Å². The molecular formula is C16H21N5O. The molecule has 3 heterocycles. The van der Waals surface area contributed by atoms with Crippen molar-refractivity contribution in [2.24, 2.45) is 0 Å². The van der Waals surface area contributed by atoms with Crippen LogP contribution in [0.5, 0.6) is 0 Å². The zero-order chi connectivity index (χ0) is 15.5. The van der Waals surface area contributed by atoms with E-state index in [0.717, 1.165) is 25.2 Å². The van der Waals surface area contributed by atoms with Crippen LogP contribution in [0.4, 0.5) is 0 Å². The predicted octanol–water partition coefficient (Wildman–Crippen LogP) is 2.34. The highest BCUT2D eigenvalue weighted by Gasteiger charge is 2.27. The summed E-state index contributed by atoms with van der Waals surface area (Å²) in [6.45, 7) is 5.51. The zero-order valence-corrected chi connectivity index (χ0v) is 13.0. The Morgan fingerprint density at radius 3 is 2.95 bits per heavy atom. The van der Waals surface area contributed by atoms with Gasteiger partial charge < -0.3 is 9.88 Å². The lowest BCUT2D eigenvalue weighted by atomic mass is 9.97. The number of nitrogens with zero attached hydrogens (tertiary/aromatic N) is 4. The van der Waals surface area contributed by atoms with Crippen LogP contribution in [0.25, 0.3) is 0 Å². The van der Waals surface area contributed by atoms with E-state index in [1.165, 1.54) is 0 Å². The molecule has 1 saturated heterocycles. The van der Waals surface area contributed by atoms with Crippen LogP contribution in [0.2, 0.25) is 0 Å². The quantitative estimate of drug-likeness (QED) is 0.944. The first-order chi connectivity index (χ1) is 10.6. The molecule has 0 aromatic carbocycles. The van der Waals surface area contributed by atoms with E-state index in [0.29, 0.717) is 18.1 Å². The van der Waals surface area contributed by atoms with Gasteiger partial charge in [-0.05, 0) is 18.9 Å². The van der Waals surface area contributed by atoms with E-state index in [1.54, 1.807) is 18.5 Å². The summed E-state index contributed by atoms with van der Waals surface area (Å²) in [7, 11) is 0. The minimum Gasteiger partial charge on any atom is -0.348 e. The maximum absolute atomic E-state index is 12.7. The molecule has 3 rings (SSSR count). The Hall–Kier alpha value is -2.24. The van der Waals surface area contributed by atoms with Crippen molar-refractivity contribution in [1.29, 1.82) is 0 Å². The molecule has 1 atom stereocenters. The number of amides is 1. The van der Waals surface area contributed by atoms with Crippen molar-refractivity contribution in [1.82, 2.24) is 24.8 Å². The van der Waals surface area contributed by atoms with E-state index in [1.807, 2.05) is 24.9 Å². The second-order valence-corrected chi connectivity index (χ2v) is 6.02. The van der Waals surface area contributed by atoms with Crippen LogP contribution in [-0.2, 0) is 0 Å². The van der Waals surface area contributed by atoms with Crippen molar-refractivity contribution >= 4 is 5.91 Å². The monoisotopic (exact) mass is 299 g/mol. The van der Waals surface area contributed by atoms with Gasteiger partial charge in [0.05, 0.1) is 0 Å². The third-order valence-corrected chi connectivity index (χ3v) is 4.02. The lowest BCUT2D eigenvalue weighted by molar-refractivity contribution is 0.0698. The van der Waals surface area contributed by atoms with E-state index in [2.05, 4.69) is 19.9 Å². The number of likely N-dealkylation sites (tertiary alicyclic amines) is 1. The summed E-state index contributed by atoms with van der Waals surface area (Å²) in [6, 6.07) is 1.70. The van der Waals surface area contributed by atoms with Crippen molar-refractivity contribution in [3.8, 4) is 0 Å². The third kappa shape index (κ3) is 3.00. The fourth-order valence-electron chi connectivity index (χ4n) is 2.82. The van der Waals surface area contributed by atoms with Crippen molar-refractivity contribution in [3.05, 3.63) is 42.0 Å². The van der Waals surface area contributed by atoms with Crippen LogP contribution in [0.3, 0.4) is 0 Å². The molecule has 0 aliphatic carbocycles. The minimum absolute atomic E-state index is 0.0134. The SMILES string of the molecule is CC(C)c1nccc(C(=O)N2CCC[C@H](c3ncc[nH]3)C2)n1. The molecule has 116 valence electrons. The number of imidazole rings is 1. The van der Waals surface area contributed by atoms with Crippen LogP contribution in [-0.4, -0.2) is 43.8 Å². The van der Waals surface area contributed by atoms with Gasteiger partial charge in [-0.1, -0.05) is 13.8 Å². The van der Waals surface area contributed by atoms with Crippen LogP contribution < -0.4 is 0 Å². The van der Waals surface area contributed by atoms with Gasteiger partial charge in [-0.25, -0.2) is 15.0 Å². The summed E-state index contributed by atoms with van der Waals surface area (Å²) in [4.78, 5) is 30.7. The summed E-state index contributed by atoms with van der Waals surface area (Å²) in [5.74, 6) is 2.15. The maximum atomic E-state index is 12.7. The van der Waals surface area contributed by atoms with Gasteiger partial charge in [0.1, 0.15) is 17.3 Å². The highest BCUT2D eigenvalue weighted by molar-refractivity contribution is 5.92. The molecule has 2 aromatic heterocycles. The molecule has 22 heavy (non-hydrogen) atoms. The number of nitrogens with one attached hydrogen (secondary N) is 1. The lowest BCUT2D eigenvalue weighted by Crippen LogP contribution is -2.39. The molecule has 1 N–H and O–H groups in total. The number of piperidine rings is 1. The van der Waals surface area contributed by atoms with E-state index in [4.69, 9.17) is 0 Å². The van der Waals surface area contributed by atoms with Gasteiger partial charge in [0.15, 0.2) is 0 Å². The summed E-state index contributed by atoms with van der Waals surface area (Å²) < 4.78 is 0. The number of aromatic amines is 1. The topological polar surface area (TPSA) is 74.8 Å². The van der Waals surface area contributed by atoms with Crippen molar-refractivity contribution in [2.45, 2.75) is 38.5 Å². The van der Waals surface area contributed by atoms with Crippen LogP contribution in [0, 0.1) is 0 Å². The van der Waals surface area contributed by atoms with E-state index >= 15 is 0 Å². The normalized spacial score (nSPS) is 18.7. The number of hydrogen-bond acceptors (Lipinski definition) is 4. The molecule has 0 radical (unpaired) electrons. The van der Waals surface area contributed by atoms with Gasteiger partial charge in [-0.15, -0.1) is 0 Å². The summed E-state index contributed by atoms with van der Waals surface area (Å²) in [6.07, 6.45) is 7.30. The summed E-state index contributed by atoms with van der Waals surface area (Å²) in [5, 5.41) is 0. The molecule has 0 bridgehead atoms. The standard InChI is InChI=1S/C16H21N5O/c1-11(2)14-17-6-5-13(20-14)16(22)21-9-3-4-12(10-21)15-18-7-8-19-15/h5-8,11-12H,3-4,9-10H2,1-2H3,(H,18,19)/t12-/m0/s1. The second-order valence-electron chi connectivity index (χ2n) is 6.02. The molecule has 1 fully saturated rings. The van der Waals surface area contributed by atoms with Gasteiger partial charge in [0.25, 0.3) is 5.91 Å². The first-order valence-electron chi connectivity index (χ1n) is 7.76. The Balaban J connectivity index is 1.75.